The first kappa shape index (κ1) is 19.4. The Morgan fingerprint density at radius 1 is 1.14 bits per heavy atom. The zero-order valence-electron chi connectivity index (χ0n) is 16.3. The first-order chi connectivity index (χ1) is 13.4. The van der Waals surface area contributed by atoms with E-state index in [9.17, 15) is 14.4 Å². The zero-order chi connectivity index (χ0) is 19.8. The number of primary amides is 1. The third-order valence-electron chi connectivity index (χ3n) is 5.99. The van der Waals surface area contributed by atoms with E-state index in [4.69, 9.17) is 5.73 Å². The number of amides is 3. The summed E-state index contributed by atoms with van der Waals surface area (Å²) in [6.07, 6.45) is 4.87. The molecule has 7 nitrogen and oxygen atoms in total. The van der Waals surface area contributed by atoms with E-state index < -0.39 is 5.91 Å². The van der Waals surface area contributed by atoms with Gasteiger partial charge in [-0.3, -0.25) is 19.3 Å². The molecule has 2 aliphatic carbocycles. The minimum atomic E-state index is -0.463. The van der Waals surface area contributed by atoms with Crippen LogP contribution in [0.4, 0.5) is 5.00 Å². The van der Waals surface area contributed by atoms with E-state index >= 15 is 0 Å². The van der Waals surface area contributed by atoms with Crippen molar-refractivity contribution in [2.24, 2.45) is 17.6 Å². The van der Waals surface area contributed by atoms with Crippen molar-refractivity contribution in [1.29, 1.82) is 0 Å². The molecule has 3 amide bonds. The lowest BCUT2D eigenvalue weighted by atomic mass is 9.88. The fourth-order valence-electron chi connectivity index (χ4n) is 4.18. The van der Waals surface area contributed by atoms with E-state index in [2.05, 4.69) is 17.1 Å². The molecule has 152 valence electrons. The van der Waals surface area contributed by atoms with E-state index in [1.807, 2.05) is 4.90 Å². The quantitative estimate of drug-likeness (QED) is 0.777. The van der Waals surface area contributed by atoms with Crippen molar-refractivity contribution >= 4 is 34.1 Å². The maximum Gasteiger partial charge on any atom is 0.251 e. The second kappa shape index (κ2) is 7.83. The Balaban J connectivity index is 1.35. The maximum atomic E-state index is 12.6. The van der Waals surface area contributed by atoms with Gasteiger partial charge in [0.15, 0.2) is 0 Å². The first-order valence-corrected chi connectivity index (χ1v) is 11.0. The van der Waals surface area contributed by atoms with Crippen molar-refractivity contribution in [3.63, 3.8) is 0 Å². The number of piperazine rings is 1. The minimum Gasteiger partial charge on any atom is -0.365 e. The normalized spacial score (nSPS) is 22.6. The van der Waals surface area contributed by atoms with Crippen molar-refractivity contribution in [1.82, 2.24) is 9.80 Å². The van der Waals surface area contributed by atoms with Crippen LogP contribution in [0.25, 0.3) is 0 Å². The summed E-state index contributed by atoms with van der Waals surface area (Å²) in [7, 11) is 0. The number of rotatable bonds is 5. The molecule has 1 aromatic rings. The smallest absolute Gasteiger partial charge is 0.251 e. The molecule has 2 heterocycles. The van der Waals surface area contributed by atoms with Crippen molar-refractivity contribution in [3.8, 4) is 0 Å². The van der Waals surface area contributed by atoms with Gasteiger partial charge in [0.1, 0.15) is 5.00 Å². The van der Waals surface area contributed by atoms with Gasteiger partial charge in [-0.1, -0.05) is 6.92 Å². The highest BCUT2D eigenvalue weighted by Gasteiger charge is 2.35. The molecule has 0 radical (unpaired) electrons. The van der Waals surface area contributed by atoms with Gasteiger partial charge in [0, 0.05) is 37.0 Å². The second-order valence-corrected chi connectivity index (χ2v) is 9.45. The second-order valence-electron chi connectivity index (χ2n) is 8.34. The molecular formula is C20H28N4O3S. The van der Waals surface area contributed by atoms with Crippen LogP contribution in [0.2, 0.25) is 0 Å². The van der Waals surface area contributed by atoms with Gasteiger partial charge in [0.25, 0.3) is 5.91 Å². The number of anilines is 1. The lowest BCUT2D eigenvalue weighted by Gasteiger charge is -2.34. The lowest BCUT2D eigenvalue weighted by molar-refractivity contribution is -0.134. The molecule has 1 aliphatic heterocycles. The van der Waals surface area contributed by atoms with E-state index in [1.165, 1.54) is 16.2 Å². The molecule has 1 unspecified atom stereocenters. The Kier molecular flexibility index (Phi) is 5.42. The summed E-state index contributed by atoms with van der Waals surface area (Å²) in [5.74, 6) is 0.513. The van der Waals surface area contributed by atoms with Crippen LogP contribution < -0.4 is 11.1 Å². The zero-order valence-corrected chi connectivity index (χ0v) is 17.1. The average molecular weight is 405 g/mol. The summed E-state index contributed by atoms with van der Waals surface area (Å²) < 4.78 is 0. The molecule has 1 atom stereocenters. The summed E-state index contributed by atoms with van der Waals surface area (Å²) in [6, 6.07) is 0. The summed E-state index contributed by atoms with van der Waals surface area (Å²) in [5, 5.41) is 3.53. The van der Waals surface area contributed by atoms with Crippen LogP contribution in [-0.4, -0.2) is 60.2 Å². The third kappa shape index (κ3) is 4.07. The molecule has 0 spiro atoms. The topological polar surface area (TPSA) is 95.7 Å². The van der Waals surface area contributed by atoms with Crippen LogP contribution in [-0.2, 0) is 22.4 Å². The van der Waals surface area contributed by atoms with Crippen LogP contribution in [0.3, 0.4) is 0 Å². The number of carbonyl (C=O) groups is 3. The number of hydrogen-bond donors (Lipinski definition) is 2. The summed E-state index contributed by atoms with van der Waals surface area (Å²) in [4.78, 5) is 41.9. The Morgan fingerprint density at radius 2 is 1.86 bits per heavy atom. The van der Waals surface area contributed by atoms with Crippen LogP contribution in [0.1, 0.15) is 47.0 Å². The van der Waals surface area contributed by atoms with Crippen molar-refractivity contribution in [3.05, 3.63) is 16.0 Å². The van der Waals surface area contributed by atoms with Gasteiger partial charge >= 0.3 is 0 Å². The van der Waals surface area contributed by atoms with Crippen LogP contribution >= 0.6 is 11.3 Å². The van der Waals surface area contributed by atoms with E-state index in [-0.39, 0.29) is 24.3 Å². The Morgan fingerprint density at radius 3 is 2.50 bits per heavy atom. The van der Waals surface area contributed by atoms with Gasteiger partial charge in [0.05, 0.1) is 12.1 Å². The van der Waals surface area contributed by atoms with Gasteiger partial charge in [-0.2, -0.15) is 0 Å². The average Bonchev–Trinajstić information content (AvgIpc) is 3.43. The lowest BCUT2D eigenvalue weighted by Crippen LogP contribution is -2.50. The standard InChI is InChI=1S/C20H28N4O3S/c1-12-2-5-14-15(10-12)28-19(17(14)18(21)26)22-16(25)11-23-6-8-24(9-7-23)20(27)13-3-4-13/h12-13H,2-11H2,1H3,(H2,21,26)(H,22,25). The molecule has 28 heavy (non-hydrogen) atoms. The molecule has 3 N–H and O–H groups in total. The highest BCUT2D eigenvalue weighted by molar-refractivity contribution is 7.17. The van der Waals surface area contributed by atoms with Crippen LogP contribution in [0.15, 0.2) is 0 Å². The molecule has 8 heteroatoms. The number of thiophene rings is 1. The first-order valence-electron chi connectivity index (χ1n) is 10.2. The molecule has 0 bridgehead atoms. The molecule has 3 aliphatic rings. The summed E-state index contributed by atoms with van der Waals surface area (Å²) in [5.41, 5.74) is 7.15. The predicted molar refractivity (Wildman–Crippen MR) is 108 cm³/mol. The molecule has 4 rings (SSSR count). The molecular weight excluding hydrogens is 376 g/mol. The highest BCUT2D eigenvalue weighted by atomic mass is 32.1. The van der Waals surface area contributed by atoms with Crippen molar-refractivity contribution in [2.45, 2.75) is 39.0 Å². The number of nitrogens with one attached hydrogen (secondary N) is 1. The van der Waals surface area contributed by atoms with Gasteiger partial charge in [-0.25, -0.2) is 0 Å². The van der Waals surface area contributed by atoms with E-state index in [0.717, 1.165) is 37.7 Å². The molecule has 2 fully saturated rings. The van der Waals surface area contributed by atoms with Crippen LogP contribution in [0, 0.1) is 11.8 Å². The number of nitrogens with zero attached hydrogens (tertiary/aromatic N) is 2. The van der Waals surface area contributed by atoms with Gasteiger partial charge in [0.2, 0.25) is 11.8 Å². The summed E-state index contributed by atoms with van der Waals surface area (Å²) >= 11 is 1.49. The van der Waals surface area contributed by atoms with Gasteiger partial charge in [-0.05, 0) is 43.6 Å². The Hall–Kier alpha value is -1.93. The highest BCUT2D eigenvalue weighted by Crippen LogP contribution is 2.39. The minimum absolute atomic E-state index is 0.129. The molecule has 1 aromatic heterocycles. The van der Waals surface area contributed by atoms with Crippen molar-refractivity contribution in [2.75, 3.05) is 38.0 Å². The molecule has 0 aromatic carbocycles. The fourth-order valence-corrected chi connectivity index (χ4v) is 5.62. The predicted octanol–water partition coefficient (Wildman–Crippen LogP) is 1.46. The van der Waals surface area contributed by atoms with Crippen molar-refractivity contribution < 1.29 is 14.4 Å². The van der Waals surface area contributed by atoms with Gasteiger partial charge < -0.3 is 16.0 Å². The molecule has 1 saturated carbocycles. The number of carbonyl (C=O) groups excluding carboxylic acids is 3. The third-order valence-corrected chi connectivity index (χ3v) is 7.16. The number of fused-ring (bicyclic) bond motifs is 1. The van der Waals surface area contributed by atoms with E-state index in [0.29, 0.717) is 42.7 Å². The number of nitrogens with two attached hydrogens (primary N) is 1. The van der Waals surface area contributed by atoms with E-state index in [1.54, 1.807) is 0 Å². The maximum absolute atomic E-state index is 12.6. The fraction of sp³-hybridized carbons (Fsp3) is 0.650. The van der Waals surface area contributed by atoms with Gasteiger partial charge in [-0.15, -0.1) is 11.3 Å². The monoisotopic (exact) mass is 404 g/mol. The Labute approximate surface area is 169 Å². The Bertz CT molecular complexity index is 794. The number of hydrogen-bond acceptors (Lipinski definition) is 5. The molecule has 1 saturated heterocycles. The largest absolute Gasteiger partial charge is 0.365 e. The van der Waals surface area contributed by atoms with Crippen LogP contribution in [0.5, 0.6) is 0 Å². The SMILES string of the molecule is CC1CCc2c(sc(NC(=O)CN3CCN(C(=O)C4CC4)CC3)c2C(N)=O)C1. The summed E-state index contributed by atoms with van der Waals surface area (Å²) in [6.45, 7) is 5.24.